The number of fused-ring (bicyclic) bond motifs is 3. The van der Waals surface area contributed by atoms with Crippen LogP contribution in [0.2, 0.25) is 0 Å². The molecule has 2 aromatic rings. The molecule has 2 fully saturated rings. The molecule has 2 N–H and O–H groups in total. The maximum absolute atomic E-state index is 12.2. The summed E-state index contributed by atoms with van der Waals surface area (Å²) in [5.41, 5.74) is 1.14. The zero-order chi connectivity index (χ0) is 14.4. The van der Waals surface area contributed by atoms with Gasteiger partial charge in [0.05, 0.1) is 5.52 Å². The number of para-hydroxylation sites is 1. The van der Waals surface area contributed by atoms with E-state index in [1.54, 1.807) is 0 Å². The summed E-state index contributed by atoms with van der Waals surface area (Å²) in [6, 6.07) is 7.44. The number of nitrogens with one attached hydrogen (secondary N) is 1. The average Bonchev–Trinajstić information content (AvgIpc) is 3.18. The first-order valence-electron chi connectivity index (χ1n) is 7.47. The van der Waals surface area contributed by atoms with Crippen LogP contribution < -0.4 is 0 Å². The van der Waals surface area contributed by atoms with E-state index in [-0.39, 0.29) is 17.7 Å². The fourth-order valence-corrected chi connectivity index (χ4v) is 3.93. The minimum Gasteiger partial charge on any atom is -0.493 e. The molecule has 4 rings (SSSR count). The highest BCUT2D eigenvalue weighted by Gasteiger charge is 2.43. The predicted molar refractivity (Wildman–Crippen MR) is 78.4 cm³/mol. The predicted octanol–water partition coefficient (Wildman–Crippen LogP) is 3.92. The molecule has 3 unspecified atom stereocenters. The number of aromatic hydroxyl groups is 1. The molecule has 5 nitrogen and oxygen atoms in total. The van der Waals surface area contributed by atoms with E-state index in [0.29, 0.717) is 17.5 Å². The molecule has 2 aliphatic carbocycles. The molecule has 2 bridgehead atoms. The van der Waals surface area contributed by atoms with Crippen LogP contribution in [-0.2, 0) is 4.79 Å². The highest BCUT2D eigenvalue weighted by Crippen LogP contribution is 2.48. The third kappa shape index (κ3) is 2.04. The lowest BCUT2D eigenvalue weighted by atomic mass is 9.88. The van der Waals surface area contributed by atoms with Gasteiger partial charge in [-0.15, -0.1) is 10.2 Å². The Morgan fingerprint density at radius 3 is 2.86 bits per heavy atom. The fraction of sp³-hybridized carbons (Fsp3) is 0.438. The summed E-state index contributed by atoms with van der Waals surface area (Å²) in [7, 11) is 0. The summed E-state index contributed by atoms with van der Waals surface area (Å²) in [4.78, 5) is 15.1. The zero-order valence-electron chi connectivity index (χ0n) is 11.6. The molecule has 2 saturated carbocycles. The number of carbonyl (C=O) groups excluding carboxylic acids is 1. The van der Waals surface area contributed by atoms with Crippen LogP contribution in [0.15, 0.2) is 34.5 Å². The van der Waals surface area contributed by atoms with Crippen LogP contribution in [0.5, 0.6) is 5.88 Å². The molecule has 108 valence electrons. The Hall–Kier alpha value is -2.17. The maximum atomic E-state index is 12.2. The Bertz CT molecular complexity index is 734. The number of rotatable bonds is 2. The second-order valence-corrected chi connectivity index (χ2v) is 6.19. The third-order valence-corrected chi connectivity index (χ3v) is 4.96. The number of nitrogens with zero attached hydrogens (tertiary/aromatic N) is 2. The third-order valence-electron chi connectivity index (χ3n) is 4.96. The normalized spacial score (nSPS) is 27.9. The topological polar surface area (TPSA) is 77.8 Å². The second kappa shape index (κ2) is 4.69. The van der Waals surface area contributed by atoms with Gasteiger partial charge in [0.2, 0.25) is 5.88 Å². The van der Waals surface area contributed by atoms with E-state index in [0.717, 1.165) is 23.7 Å². The van der Waals surface area contributed by atoms with Gasteiger partial charge in [0.15, 0.2) is 5.69 Å². The molecular weight excluding hydrogens is 266 g/mol. The van der Waals surface area contributed by atoms with Gasteiger partial charge in [-0.25, -0.2) is 0 Å². The van der Waals surface area contributed by atoms with E-state index in [2.05, 4.69) is 15.2 Å². The number of carbonyl (C=O) groups is 1. The molecule has 0 aliphatic heterocycles. The molecular formula is C16H17N3O2. The molecule has 2 aliphatic rings. The van der Waals surface area contributed by atoms with Crippen molar-refractivity contribution in [2.45, 2.75) is 25.7 Å². The molecule has 0 radical (unpaired) electrons. The van der Waals surface area contributed by atoms with E-state index in [9.17, 15) is 9.90 Å². The van der Waals surface area contributed by atoms with Crippen LogP contribution in [0.3, 0.4) is 0 Å². The van der Waals surface area contributed by atoms with Crippen LogP contribution in [0.1, 0.15) is 25.7 Å². The molecule has 1 amide bonds. The van der Waals surface area contributed by atoms with Gasteiger partial charge in [0.1, 0.15) is 0 Å². The first kappa shape index (κ1) is 12.6. The number of aromatic nitrogens is 1. The minimum absolute atomic E-state index is 0.0410. The van der Waals surface area contributed by atoms with Crippen molar-refractivity contribution in [3.05, 3.63) is 24.3 Å². The molecule has 0 spiro atoms. The molecule has 1 aromatic carbocycles. The first-order chi connectivity index (χ1) is 10.2. The number of hydrogen-bond acceptors (Lipinski definition) is 3. The Labute approximate surface area is 122 Å². The van der Waals surface area contributed by atoms with Crippen molar-refractivity contribution in [3.63, 3.8) is 0 Å². The molecule has 3 atom stereocenters. The van der Waals surface area contributed by atoms with Crippen LogP contribution >= 0.6 is 0 Å². The molecule has 1 heterocycles. The number of hydrogen-bond donors (Lipinski definition) is 2. The Morgan fingerprint density at radius 1 is 1.24 bits per heavy atom. The fourth-order valence-electron chi connectivity index (χ4n) is 3.93. The van der Waals surface area contributed by atoms with Crippen molar-refractivity contribution in [1.82, 2.24) is 4.98 Å². The van der Waals surface area contributed by atoms with Crippen LogP contribution in [-0.4, -0.2) is 16.0 Å². The van der Waals surface area contributed by atoms with Gasteiger partial charge in [0, 0.05) is 11.3 Å². The van der Waals surface area contributed by atoms with Crippen molar-refractivity contribution < 1.29 is 9.90 Å². The average molecular weight is 283 g/mol. The molecule has 5 heteroatoms. The summed E-state index contributed by atoms with van der Waals surface area (Å²) in [6.07, 6.45) is 4.54. The van der Waals surface area contributed by atoms with Gasteiger partial charge in [-0.2, -0.15) is 0 Å². The van der Waals surface area contributed by atoms with Crippen molar-refractivity contribution in [2.75, 3.05) is 0 Å². The van der Waals surface area contributed by atoms with Crippen molar-refractivity contribution >= 4 is 22.5 Å². The van der Waals surface area contributed by atoms with E-state index in [1.165, 1.54) is 12.8 Å². The molecule has 21 heavy (non-hydrogen) atoms. The summed E-state index contributed by atoms with van der Waals surface area (Å²) in [5, 5.41) is 18.6. The van der Waals surface area contributed by atoms with Gasteiger partial charge < -0.3 is 10.1 Å². The summed E-state index contributed by atoms with van der Waals surface area (Å²) < 4.78 is 0. The van der Waals surface area contributed by atoms with E-state index < -0.39 is 0 Å². The number of H-pyrrole nitrogens is 1. The zero-order valence-corrected chi connectivity index (χ0v) is 11.6. The largest absolute Gasteiger partial charge is 0.493 e. The van der Waals surface area contributed by atoms with Gasteiger partial charge in [-0.05, 0) is 37.2 Å². The van der Waals surface area contributed by atoms with E-state index in [4.69, 9.17) is 0 Å². The van der Waals surface area contributed by atoms with Gasteiger partial charge >= 0.3 is 0 Å². The highest BCUT2D eigenvalue weighted by atomic mass is 16.3. The number of azo groups is 1. The highest BCUT2D eigenvalue weighted by molar-refractivity contribution is 5.94. The van der Waals surface area contributed by atoms with Gasteiger partial charge in [0.25, 0.3) is 5.91 Å². The summed E-state index contributed by atoms with van der Waals surface area (Å²) >= 11 is 0. The van der Waals surface area contributed by atoms with Crippen molar-refractivity contribution in [3.8, 4) is 5.88 Å². The number of amides is 1. The van der Waals surface area contributed by atoms with Crippen LogP contribution in [0, 0.1) is 17.8 Å². The second-order valence-electron chi connectivity index (χ2n) is 6.19. The SMILES string of the molecule is O=C(N=Nc1c(O)[nH]c2ccccc12)C1CC2CCC1C2. The van der Waals surface area contributed by atoms with Crippen molar-refractivity contribution in [2.24, 2.45) is 28.0 Å². The van der Waals surface area contributed by atoms with Crippen molar-refractivity contribution in [1.29, 1.82) is 0 Å². The lowest BCUT2D eigenvalue weighted by molar-refractivity contribution is -0.123. The monoisotopic (exact) mass is 283 g/mol. The minimum atomic E-state index is -0.133. The van der Waals surface area contributed by atoms with E-state index >= 15 is 0 Å². The molecule has 0 saturated heterocycles. The number of aromatic amines is 1. The Balaban J connectivity index is 1.59. The van der Waals surface area contributed by atoms with Gasteiger partial charge in [-0.1, -0.05) is 24.6 Å². The molecule has 1 aromatic heterocycles. The summed E-state index contributed by atoms with van der Waals surface area (Å²) in [6.45, 7) is 0. The standard InChI is InChI=1S/C16H17N3O2/c20-15(12-8-9-5-6-10(12)7-9)19-18-14-11-3-1-2-4-13(11)17-16(14)21/h1-4,9-10,12,17,21H,5-8H2. The lowest BCUT2D eigenvalue weighted by Gasteiger charge is -2.17. The quantitative estimate of drug-likeness (QED) is 0.819. The maximum Gasteiger partial charge on any atom is 0.268 e. The lowest BCUT2D eigenvalue weighted by Crippen LogP contribution is -2.18. The number of benzene rings is 1. The van der Waals surface area contributed by atoms with Crippen LogP contribution in [0.25, 0.3) is 10.9 Å². The smallest absolute Gasteiger partial charge is 0.268 e. The summed E-state index contributed by atoms with van der Waals surface area (Å²) in [5.74, 6) is 1.08. The Morgan fingerprint density at radius 2 is 2.10 bits per heavy atom. The Kier molecular flexibility index (Phi) is 2.80. The van der Waals surface area contributed by atoms with Crippen LogP contribution in [0.4, 0.5) is 5.69 Å². The van der Waals surface area contributed by atoms with E-state index in [1.807, 2.05) is 24.3 Å². The van der Waals surface area contributed by atoms with Gasteiger partial charge in [-0.3, -0.25) is 4.79 Å². The first-order valence-corrected chi connectivity index (χ1v) is 7.47.